The Hall–Kier alpha value is -1.88. The van der Waals surface area contributed by atoms with Crippen LogP contribution in [0.5, 0.6) is 0 Å². The number of hydrogen-bond donors (Lipinski definition) is 1. The highest BCUT2D eigenvalue weighted by atomic mass is 19.4. The van der Waals surface area contributed by atoms with E-state index in [0.717, 1.165) is 22.8 Å². The zero-order valence-electron chi connectivity index (χ0n) is 12.1. The van der Waals surface area contributed by atoms with E-state index in [1.54, 1.807) is 7.05 Å². The van der Waals surface area contributed by atoms with Gasteiger partial charge in [-0.1, -0.05) is 23.8 Å². The second-order valence-corrected chi connectivity index (χ2v) is 5.04. The lowest BCUT2D eigenvalue weighted by Gasteiger charge is -2.23. The number of hydrogen-bond acceptors (Lipinski definition) is 2. The highest BCUT2D eigenvalue weighted by Crippen LogP contribution is 2.36. The third kappa shape index (κ3) is 3.24. The number of pyridine rings is 1. The quantitative estimate of drug-likeness (QED) is 0.924. The van der Waals surface area contributed by atoms with Crippen molar-refractivity contribution in [3.63, 3.8) is 0 Å². The van der Waals surface area contributed by atoms with E-state index < -0.39 is 17.8 Å². The van der Waals surface area contributed by atoms with Crippen LogP contribution in [-0.4, -0.2) is 12.0 Å². The molecule has 0 saturated heterocycles. The van der Waals surface area contributed by atoms with Crippen molar-refractivity contribution in [2.24, 2.45) is 0 Å². The standard InChI is InChI=1S/C16H17F3N2/c1-10-4-5-12(11(2)8-10)15(20-3)13-9-21-7-6-14(13)16(17,18)19/h4-9,15,20H,1-3H3. The molecule has 0 fully saturated rings. The van der Waals surface area contributed by atoms with Crippen molar-refractivity contribution in [1.29, 1.82) is 0 Å². The summed E-state index contributed by atoms with van der Waals surface area (Å²) in [6.45, 7) is 3.85. The van der Waals surface area contributed by atoms with Crippen LogP contribution in [0.1, 0.15) is 33.9 Å². The number of halogens is 3. The van der Waals surface area contributed by atoms with E-state index in [9.17, 15) is 13.2 Å². The summed E-state index contributed by atoms with van der Waals surface area (Å²) in [6.07, 6.45) is -1.95. The number of aryl methyl sites for hydroxylation is 2. The highest BCUT2D eigenvalue weighted by molar-refractivity contribution is 5.41. The molecular formula is C16H17F3N2. The molecule has 1 atom stereocenters. The van der Waals surface area contributed by atoms with Gasteiger partial charge in [0.25, 0.3) is 0 Å². The van der Waals surface area contributed by atoms with Gasteiger partial charge in [0, 0.05) is 18.0 Å². The number of benzene rings is 1. The number of rotatable bonds is 3. The molecule has 2 nitrogen and oxygen atoms in total. The third-order valence-corrected chi connectivity index (χ3v) is 3.49. The lowest BCUT2D eigenvalue weighted by Crippen LogP contribution is -2.23. The molecule has 0 aliphatic heterocycles. The fourth-order valence-corrected chi connectivity index (χ4v) is 2.52. The fraction of sp³-hybridized carbons (Fsp3) is 0.312. The van der Waals surface area contributed by atoms with Crippen LogP contribution in [-0.2, 0) is 6.18 Å². The first-order chi connectivity index (χ1) is 9.84. The number of aromatic nitrogens is 1. The van der Waals surface area contributed by atoms with Gasteiger partial charge in [-0.3, -0.25) is 4.98 Å². The molecule has 1 unspecified atom stereocenters. The van der Waals surface area contributed by atoms with E-state index in [-0.39, 0.29) is 5.56 Å². The molecule has 2 aromatic rings. The minimum atomic E-state index is -4.40. The van der Waals surface area contributed by atoms with Gasteiger partial charge < -0.3 is 5.32 Å². The molecule has 0 aliphatic carbocycles. The maximum Gasteiger partial charge on any atom is 0.416 e. The zero-order chi connectivity index (χ0) is 15.6. The van der Waals surface area contributed by atoms with Crippen molar-refractivity contribution in [2.45, 2.75) is 26.1 Å². The molecule has 0 aliphatic rings. The van der Waals surface area contributed by atoms with Crippen molar-refractivity contribution in [2.75, 3.05) is 7.05 Å². The Bertz CT molecular complexity index is 636. The van der Waals surface area contributed by atoms with Gasteiger partial charge in [-0.05, 0) is 38.1 Å². The van der Waals surface area contributed by atoms with Gasteiger partial charge in [-0.15, -0.1) is 0 Å². The van der Waals surface area contributed by atoms with E-state index in [4.69, 9.17) is 0 Å². The van der Waals surface area contributed by atoms with Crippen molar-refractivity contribution in [1.82, 2.24) is 10.3 Å². The van der Waals surface area contributed by atoms with Crippen LogP contribution in [0.15, 0.2) is 36.7 Å². The Kier molecular flexibility index (Phi) is 4.32. The Morgan fingerprint density at radius 3 is 2.38 bits per heavy atom. The average Bonchev–Trinajstić information content (AvgIpc) is 2.41. The smallest absolute Gasteiger partial charge is 0.309 e. The monoisotopic (exact) mass is 294 g/mol. The highest BCUT2D eigenvalue weighted by Gasteiger charge is 2.35. The summed E-state index contributed by atoms with van der Waals surface area (Å²) < 4.78 is 39.5. The largest absolute Gasteiger partial charge is 0.416 e. The van der Waals surface area contributed by atoms with E-state index >= 15 is 0 Å². The first kappa shape index (κ1) is 15.5. The molecule has 21 heavy (non-hydrogen) atoms. The van der Waals surface area contributed by atoms with Crippen molar-refractivity contribution in [3.05, 3.63) is 64.5 Å². The second kappa shape index (κ2) is 5.85. The predicted molar refractivity (Wildman–Crippen MR) is 76.1 cm³/mol. The molecule has 0 bridgehead atoms. The van der Waals surface area contributed by atoms with Crippen molar-refractivity contribution < 1.29 is 13.2 Å². The maximum absolute atomic E-state index is 13.2. The van der Waals surface area contributed by atoms with Gasteiger partial charge >= 0.3 is 6.18 Å². The summed E-state index contributed by atoms with van der Waals surface area (Å²) in [4.78, 5) is 3.86. The molecule has 1 heterocycles. The number of nitrogens with one attached hydrogen (secondary N) is 1. The SMILES string of the molecule is CNC(c1ccc(C)cc1C)c1cnccc1C(F)(F)F. The maximum atomic E-state index is 13.2. The van der Waals surface area contributed by atoms with Crippen LogP contribution in [0.2, 0.25) is 0 Å². The molecule has 1 N–H and O–H groups in total. The molecule has 1 aromatic heterocycles. The van der Waals surface area contributed by atoms with Crippen LogP contribution < -0.4 is 5.32 Å². The van der Waals surface area contributed by atoms with Gasteiger partial charge in [-0.2, -0.15) is 13.2 Å². The Balaban J connectivity index is 2.57. The van der Waals surface area contributed by atoms with Gasteiger partial charge in [-0.25, -0.2) is 0 Å². The van der Waals surface area contributed by atoms with Crippen molar-refractivity contribution >= 4 is 0 Å². The Labute approximate surface area is 122 Å². The van der Waals surface area contributed by atoms with Gasteiger partial charge in [0.05, 0.1) is 11.6 Å². The lowest BCUT2D eigenvalue weighted by molar-refractivity contribution is -0.138. The minimum absolute atomic E-state index is 0.138. The van der Waals surface area contributed by atoms with E-state index in [1.807, 2.05) is 32.0 Å². The normalized spacial score (nSPS) is 13.2. The molecule has 0 spiro atoms. The summed E-state index contributed by atoms with van der Waals surface area (Å²) in [6, 6.07) is 6.19. The first-order valence-electron chi connectivity index (χ1n) is 6.60. The topological polar surface area (TPSA) is 24.9 Å². The minimum Gasteiger partial charge on any atom is -0.309 e. The molecule has 0 saturated carbocycles. The van der Waals surface area contributed by atoms with Crippen molar-refractivity contribution in [3.8, 4) is 0 Å². The number of alkyl halides is 3. The Morgan fingerprint density at radius 1 is 1.10 bits per heavy atom. The van der Waals surface area contributed by atoms with E-state index in [1.165, 1.54) is 12.4 Å². The van der Waals surface area contributed by atoms with Crippen LogP contribution in [0, 0.1) is 13.8 Å². The predicted octanol–water partition coefficient (Wildman–Crippen LogP) is 4.03. The van der Waals surface area contributed by atoms with Gasteiger partial charge in [0.15, 0.2) is 0 Å². The fourth-order valence-electron chi connectivity index (χ4n) is 2.52. The molecular weight excluding hydrogens is 277 g/mol. The van der Waals surface area contributed by atoms with Crippen LogP contribution >= 0.6 is 0 Å². The first-order valence-corrected chi connectivity index (χ1v) is 6.60. The molecule has 1 aromatic carbocycles. The summed E-state index contributed by atoms with van der Waals surface area (Å²) >= 11 is 0. The average molecular weight is 294 g/mol. The van der Waals surface area contributed by atoms with Gasteiger partial charge in [0.1, 0.15) is 0 Å². The van der Waals surface area contributed by atoms with E-state index in [2.05, 4.69) is 10.3 Å². The second-order valence-electron chi connectivity index (χ2n) is 5.04. The van der Waals surface area contributed by atoms with E-state index in [0.29, 0.717) is 0 Å². The zero-order valence-corrected chi connectivity index (χ0v) is 12.1. The molecule has 2 rings (SSSR count). The van der Waals surface area contributed by atoms with Crippen LogP contribution in [0.4, 0.5) is 13.2 Å². The summed E-state index contributed by atoms with van der Waals surface area (Å²) in [5, 5.41) is 2.97. The molecule has 0 amide bonds. The number of nitrogens with zero attached hydrogens (tertiary/aromatic N) is 1. The molecule has 5 heteroatoms. The van der Waals surface area contributed by atoms with Crippen LogP contribution in [0.3, 0.4) is 0 Å². The summed E-state index contributed by atoms with van der Waals surface area (Å²) in [7, 11) is 1.65. The Morgan fingerprint density at radius 2 is 1.81 bits per heavy atom. The van der Waals surface area contributed by atoms with Gasteiger partial charge in [0.2, 0.25) is 0 Å². The lowest BCUT2D eigenvalue weighted by atomic mass is 9.92. The molecule has 112 valence electrons. The third-order valence-electron chi connectivity index (χ3n) is 3.49. The summed E-state index contributed by atoms with van der Waals surface area (Å²) in [5.41, 5.74) is 2.33. The summed E-state index contributed by atoms with van der Waals surface area (Å²) in [5.74, 6) is 0. The van der Waals surface area contributed by atoms with Crippen LogP contribution in [0.25, 0.3) is 0 Å². The molecule has 0 radical (unpaired) electrons.